The Kier molecular flexibility index (Phi) is 5.77. The molecule has 2 nitrogen and oxygen atoms in total. The standard InChI is InChI=1S/C16H16Cl3NO/c1-20-15(10-5-13(18)9-14(19)6-10)8-11-7-12(17)3-4-16(11)21-2/h3-7,9,15,20H,8H2,1-2H3. The molecule has 1 unspecified atom stereocenters. The fraction of sp³-hybridized carbons (Fsp3) is 0.250. The molecule has 2 rings (SSSR count). The molecule has 0 fully saturated rings. The summed E-state index contributed by atoms with van der Waals surface area (Å²) in [6, 6.07) is 11.2. The maximum Gasteiger partial charge on any atom is 0.122 e. The lowest BCUT2D eigenvalue weighted by atomic mass is 9.98. The van der Waals surface area contributed by atoms with Gasteiger partial charge in [-0.1, -0.05) is 34.8 Å². The van der Waals surface area contributed by atoms with Crippen molar-refractivity contribution >= 4 is 34.8 Å². The molecular weight excluding hydrogens is 329 g/mol. The van der Waals surface area contributed by atoms with E-state index in [4.69, 9.17) is 39.5 Å². The number of halogens is 3. The summed E-state index contributed by atoms with van der Waals surface area (Å²) in [7, 11) is 3.55. The molecule has 21 heavy (non-hydrogen) atoms. The Labute approximate surface area is 140 Å². The predicted octanol–water partition coefficient (Wildman–Crippen LogP) is 5.16. The summed E-state index contributed by atoms with van der Waals surface area (Å²) in [6.45, 7) is 0. The second-order valence-electron chi connectivity index (χ2n) is 4.70. The number of hydrogen-bond acceptors (Lipinski definition) is 2. The van der Waals surface area contributed by atoms with Crippen LogP contribution in [0.3, 0.4) is 0 Å². The van der Waals surface area contributed by atoms with E-state index < -0.39 is 0 Å². The summed E-state index contributed by atoms with van der Waals surface area (Å²) in [4.78, 5) is 0. The highest BCUT2D eigenvalue weighted by Crippen LogP contribution is 2.30. The number of benzene rings is 2. The van der Waals surface area contributed by atoms with Crippen molar-refractivity contribution in [3.63, 3.8) is 0 Å². The van der Waals surface area contributed by atoms with Gasteiger partial charge in [0.05, 0.1) is 7.11 Å². The zero-order valence-corrected chi connectivity index (χ0v) is 14.1. The molecule has 0 spiro atoms. The van der Waals surface area contributed by atoms with E-state index in [9.17, 15) is 0 Å². The van der Waals surface area contributed by atoms with Gasteiger partial charge in [0, 0.05) is 21.1 Å². The largest absolute Gasteiger partial charge is 0.496 e. The molecule has 0 aliphatic carbocycles. The molecule has 2 aromatic carbocycles. The minimum atomic E-state index is 0.0635. The van der Waals surface area contributed by atoms with Gasteiger partial charge in [-0.05, 0) is 61.0 Å². The van der Waals surface area contributed by atoms with Crippen LogP contribution in [-0.2, 0) is 6.42 Å². The molecule has 0 aliphatic heterocycles. The lowest BCUT2D eigenvalue weighted by Gasteiger charge is -2.19. The van der Waals surface area contributed by atoms with Gasteiger partial charge in [0.25, 0.3) is 0 Å². The monoisotopic (exact) mass is 343 g/mol. The van der Waals surface area contributed by atoms with Crippen molar-refractivity contribution in [3.8, 4) is 5.75 Å². The Bertz CT molecular complexity index is 611. The lowest BCUT2D eigenvalue weighted by Crippen LogP contribution is -2.19. The van der Waals surface area contributed by atoms with Crippen molar-refractivity contribution in [3.05, 3.63) is 62.6 Å². The zero-order valence-electron chi connectivity index (χ0n) is 11.8. The highest BCUT2D eigenvalue weighted by atomic mass is 35.5. The van der Waals surface area contributed by atoms with Crippen LogP contribution in [0.2, 0.25) is 15.1 Å². The van der Waals surface area contributed by atoms with Gasteiger partial charge in [0.15, 0.2) is 0 Å². The maximum atomic E-state index is 6.08. The Morgan fingerprint density at radius 2 is 1.67 bits per heavy atom. The maximum absolute atomic E-state index is 6.08. The van der Waals surface area contributed by atoms with Crippen LogP contribution in [0.4, 0.5) is 0 Å². The Morgan fingerprint density at radius 3 is 2.24 bits per heavy atom. The van der Waals surface area contributed by atoms with Crippen molar-refractivity contribution in [1.82, 2.24) is 5.32 Å². The first-order chi connectivity index (χ1) is 10.0. The van der Waals surface area contributed by atoms with Gasteiger partial charge >= 0.3 is 0 Å². The van der Waals surface area contributed by atoms with Crippen molar-refractivity contribution in [1.29, 1.82) is 0 Å². The van der Waals surface area contributed by atoms with Crippen LogP contribution < -0.4 is 10.1 Å². The number of likely N-dealkylation sites (N-methyl/N-ethyl adjacent to an activating group) is 1. The van der Waals surface area contributed by atoms with E-state index in [2.05, 4.69) is 5.32 Å². The number of rotatable bonds is 5. The van der Waals surface area contributed by atoms with Crippen LogP contribution >= 0.6 is 34.8 Å². The third kappa shape index (κ3) is 4.27. The molecule has 2 aromatic rings. The second kappa shape index (κ2) is 7.37. The van der Waals surface area contributed by atoms with E-state index in [0.29, 0.717) is 15.1 Å². The molecule has 0 heterocycles. The highest BCUT2D eigenvalue weighted by molar-refractivity contribution is 6.34. The molecule has 1 N–H and O–H groups in total. The fourth-order valence-electron chi connectivity index (χ4n) is 2.29. The Balaban J connectivity index is 2.32. The third-order valence-corrected chi connectivity index (χ3v) is 3.97. The molecule has 0 saturated carbocycles. The van der Waals surface area contributed by atoms with Crippen LogP contribution in [0.1, 0.15) is 17.2 Å². The van der Waals surface area contributed by atoms with Gasteiger partial charge in [-0.25, -0.2) is 0 Å². The summed E-state index contributed by atoms with van der Waals surface area (Å²) in [5.41, 5.74) is 2.05. The molecule has 5 heteroatoms. The van der Waals surface area contributed by atoms with Crippen LogP contribution in [0.25, 0.3) is 0 Å². The van der Waals surface area contributed by atoms with Gasteiger partial charge < -0.3 is 10.1 Å². The van der Waals surface area contributed by atoms with Crippen molar-refractivity contribution in [2.45, 2.75) is 12.5 Å². The summed E-state index contributed by atoms with van der Waals surface area (Å²) >= 11 is 18.2. The second-order valence-corrected chi connectivity index (χ2v) is 6.01. The molecule has 0 bridgehead atoms. The van der Waals surface area contributed by atoms with Gasteiger partial charge in [-0.15, -0.1) is 0 Å². The molecule has 1 atom stereocenters. The minimum Gasteiger partial charge on any atom is -0.496 e. The van der Waals surface area contributed by atoms with E-state index in [1.165, 1.54) is 0 Å². The predicted molar refractivity (Wildman–Crippen MR) is 90.0 cm³/mol. The van der Waals surface area contributed by atoms with E-state index in [1.807, 2.05) is 37.4 Å². The van der Waals surface area contributed by atoms with Crippen LogP contribution in [-0.4, -0.2) is 14.2 Å². The molecule has 0 amide bonds. The quantitative estimate of drug-likeness (QED) is 0.809. The smallest absolute Gasteiger partial charge is 0.122 e. The molecule has 0 saturated heterocycles. The van der Waals surface area contributed by atoms with Gasteiger partial charge in [0.1, 0.15) is 5.75 Å². The average molecular weight is 345 g/mol. The first-order valence-electron chi connectivity index (χ1n) is 6.49. The number of ether oxygens (including phenoxy) is 1. The average Bonchev–Trinajstić information content (AvgIpc) is 2.43. The van der Waals surface area contributed by atoms with Gasteiger partial charge in [0.2, 0.25) is 0 Å². The molecule has 112 valence electrons. The molecule has 0 aliphatic rings. The zero-order chi connectivity index (χ0) is 15.4. The summed E-state index contributed by atoms with van der Waals surface area (Å²) in [5, 5.41) is 5.20. The van der Waals surface area contributed by atoms with E-state index >= 15 is 0 Å². The SMILES string of the molecule is CNC(Cc1cc(Cl)ccc1OC)c1cc(Cl)cc(Cl)c1. The highest BCUT2D eigenvalue weighted by Gasteiger charge is 2.15. The summed E-state index contributed by atoms with van der Waals surface area (Å²) < 4.78 is 5.39. The van der Waals surface area contributed by atoms with E-state index in [-0.39, 0.29) is 6.04 Å². The number of hydrogen-bond donors (Lipinski definition) is 1. The summed E-state index contributed by atoms with van der Waals surface area (Å²) in [5.74, 6) is 0.813. The first kappa shape index (κ1) is 16.4. The lowest BCUT2D eigenvalue weighted by molar-refractivity contribution is 0.406. The number of nitrogens with one attached hydrogen (secondary N) is 1. The molecule has 0 aromatic heterocycles. The molecular formula is C16H16Cl3NO. The van der Waals surface area contributed by atoms with Crippen LogP contribution in [0.15, 0.2) is 36.4 Å². The normalized spacial score (nSPS) is 12.2. The van der Waals surface area contributed by atoms with Crippen molar-refractivity contribution in [2.75, 3.05) is 14.2 Å². The Morgan fingerprint density at radius 1 is 1.00 bits per heavy atom. The number of methoxy groups -OCH3 is 1. The fourth-order valence-corrected chi connectivity index (χ4v) is 3.03. The van der Waals surface area contributed by atoms with E-state index in [1.54, 1.807) is 13.2 Å². The van der Waals surface area contributed by atoms with Gasteiger partial charge in [-0.3, -0.25) is 0 Å². The third-order valence-electron chi connectivity index (χ3n) is 3.30. The van der Waals surface area contributed by atoms with Crippen LogP contribution in [0, 0.1) is 0 Å². The summed E-state index contributed by atoms with van der Waals surface area (Å²) in [6.07, 6.45) is 0.719. The minimum absolute atomic E-state index is 0.0635. The van der Waals surface area contributed by atoms with Crippen LogP contribution in [0.5, 0.6) is 5.75 Å². The van der Waals surface area contributed by atoms with Crippen molar-refractivity contribution in [2.24, 2.45) is 0 Å². The van der Waals surface area contributed by atoms with Gasteiger partial charge in [-0.2, -0.15) is 0 Å². The first-order valence-corrected chi connectivity index (χ1v) is 7.62. The molecule has 0 radical (unpaired) electrons. The van der Waals surface area contributed by atoms with E-state index in [0.717, 1.165) is 23.3 Å². The topological polar surface area (TPSA) is 21.3 Å². The Hall–Kier alpha value is -0.930. The van der Waals surface area contributed by atoms with Crippen molar-refractivity contribution < 1.29 is 4.74 Å².